The molecule has 1 aliphatic heterocycles. The number of rotatable bonds is 2. The molecule has 92 valence electrons. The third-order valence-electron chi connectivity index (χ3n) is 5.59. The fourth-order valence-electron chi connectivity index (χ4n) is 4.66. The van der Waals surface area contributed by atoms with Crippen molar-refractivity contribution in [1.29, 1.82) is 0 Å². The molecule has 1 heterocycles. The molecule has 3 N–H and O–H groups in total. The maximum absolute atomic E-state index is 11.0. The van der Waals surface area contributed by atoms with E-state index in [1.165, 1.54) is 19.3 Å². The third kappa shape index (κ3) is 1.31. The van der Waals surface area contributed by atoms with Gasteiger partial charge in [-0.3, -0.25) is 0 Å². The molecular formula is C13H23NO2. The molecule has 0 spiro atoms. The van der Waals surface area contributed by atoms with Gasteiger partial charge in [0.1, 0.15) is 0 Å². The molecule has 3 unspecified atom stereocenters. The number of fused-ring (bicyclic) bond motifs is 2. The van der Waals surface area contributed by atoms with Crippen molar-refractivity contribution in [1.82, 2.24) is 0 Å². The predicted octanol–water partition coefficient (Wildman–Crippen LogP) is 1.29. The molecule has 0 aromatic rings. The monoisotopic (exact) mass is 225 g/mol. The standard InChI is InChI=1S/C13H23NO2/c14-9-12(8-10-1-2-11(12)7-10)13(15)3-5-16-6-4-13/h10-11,15H,1-9,14H2. The lowest BCUT2D eigenvalue weighted by atomic mass is 9.59. The smallest absolute Gasteiger partial charge is 0.0762 e. The second-order valence-corrected chi connectivity index (χ2v) is 6.08. The van der Waals surface area contributed by atoms with Crippen molar-refractivity contribution < 1.29 is 9.84 Å². The molecule has 2 saturated carbocycles. The van der Waals surface area contributed by atoms with E-state index in [0.29, 0.717) is 25.7 Å². The summed E-state index contributed by atoms with van der Waals surface area (Å²) in [5.74, 6) is 1.51. The van der Waals surface area contributed by atoms with E-state index in [1.807, 2.05) is 0 Å². The maximum atomic E-state index is 11.0. The fourth-order valence-corrected chi connectivity index (χ4v) is 4.66. The Balaban J connectivity index is 1.89. The molecule has 0 aromatic heterocycles. The number of aliphatic hydroxyl groups is 1. The zero-order valence-electron chi connectivity index (χ0n) is 9.95. The van der Waals surface area contributed by atoms with Gasteiger partial charge in [0.15, 0.2) is 0 Å². The first-order valence-corrected chi connectivity index (χ1v) is 6.70. The van der Waals surface area contributed by atoms with E-state index >= 15 is 0 Å². The highest BCUT2D eigenvalue weighted by atomic mass is 16.5. The summed E-state index contributed by atoms with van der Waals surface area (Å²) in [5.41, 5.74) is 5.54. The van der Waals surface area contributed by atoms with Gasteiger partial charge >= 0.3 is 0 Å². The van der Waals surface area contributed by atoms with Crippen molar-refractivity contribution >= 4 is 0 Å². The lowest BCUT2D eigenvalue weighted by Gasteiger charge is -2.51. The minimum absolute atomic E-state index is 0.0136. The van der Waals surface area contributed by atoms with Crippen LogP contribution in [0.4, 0.5) is 0 Å². The van der Waals surface area contributed by atoms with Gasteiger partial charge in [0.05, 0.1) is 5.60 Å². The first kappa shape index (κ1) is 11.0. The SMILES string of the molecule is NCC1(C2(O)CCOCC2)CC2CCC1C2. The van der Waals surface area contributed by atoms with E-state index < -0.39 is 5.60 Å². The molecule has 2 bridgehead atoms. The number of nitrogens with two attached hydrogens (primary N) is 1. The largest absolute Gasteiger partial charge is 0.389 e. The molecule has 3 atom stereocenters. The van der Waals surface area contributed by atoms with E-state index in [-0.39, 0.29) is 5.41 Å². The maximum Gasteiger partial charge on any atom is 0.0762 e. The van der Waals surface area contributed by atoms with Gasteiger partial charge in [-0.2, -0.15) is 0 Å². The summed E-state index contributed by atoms with van der Waals surface area (Å²) in [7, 11) is 0. The van der Waals surface area contributed by atoms with Crippen LogP contribution in [0.2, 0.25) is 0 Å². The van der Waals surface area contributed by atoms with Crippen LogP contribution in [0.5, 0.6) is 0 Å². The molecule has 3 nitrogen and oxygen atoms in total. The van der Waals surface area contributed by atoms with Crippen LogP contribution in [0.15, 0.2) is 0 Å². The van der Waals surface area contributed by atoms with Crippen molar-refractivity contribution in [3.8, 4) is 0 Å². The normalized spacial score (nSPS) is 46.1. The Morgan fingerprint density at radius 2 is 2.00 bits per heavy atom. The molecule has 1 saturated heterocycles. The second kappa shape index (κ2) is 3.69. The van der Waals surface area contributed by atoms with Crippen LogP contribution in [-0.2, 0) is 4.74 Å². The lowest BCUT2D eigenvalue weighted by Crippen LogP contribution is -2.57. The second-order valence-electron chi connectivity index (χ2n) is 6.08. The van der Waals surface area contributed by atoms with Crippen molar-refractivity contribution in [2.24, 2.45) is 23.0 Å². The summed E-state index contributed by atoms with van der Waals surface area (Å²) in [6.45, 7) is 2.07. The zero-order valence-corrected chi connectivity index (χ0v) is 9.95. The van der Waals surface area contributed by atoms with Crippen LogP contribution >= 0.6 is 0 Å². The number of hydrogen-bond donors (Lipinski definition) is 2. The van der Waals surface area contributed by atoms with E-state index in [2.05, 4.69) is 0 Å². The predicted molar refractivity (Wildman–Crippen MR) is 61.9 cm³/mol. The van der Waals surface area contributed by atoms with Crippen LogP contribution in [0.25, 0.3) is 0 Å². The summed E-state index contributed by atoms with van der Waals surface area (Å²) < 4.78 is 5.39. The molecular weight excluding hydrogens is 202 g/mol. The average Bonchev–Trinajstić information content (AvgIpc) is 2.90. The van der Waals surface area contributed by atoms with E-state index in [1.54, 1.807) is 0 Å². The molecule has 2 aliphatic carbocycles. The fraction of sp³-hybridized carbons (Fsp3) is 1.00. The van der Waals surface area contributed by atoms with Gasteiger partial charge in [0, 0.05) is 38.0 Å². The Bertz CT molecular complexity index is 275. The van der Waals surface area contributed by atoms with Crippen LogP contribution in [0.1, 0.15) is 38.5 Å². The summed E-state index contributed by atoms with van der Waals surface area (Å²) in [6, 6.07) is 0. The Morgan fingerprint density at radius 1 is 1.25 bits per heavy atom. The minimum Gasteiger partial charge on any atom is -0.389 e. The molecule has 0 amide bonds. The Kier molecular flexibility index (Phi) is 2.54. The molecule has 0 aromatic carbocycles. The molecule has 0 radical (unpaired) electrons. The summed E-state index contributed by atoms with van der Waals surface area (Å²) in [6.07, 6.45) is 6.68. The topological polar surface area (TPSA) is 55.5 Å². The van der Waals surface area contributed by atoms with Gasteiger partial charge in [-0.25, -0.2) is 0 Å². The van der Waals surface area contributed by atoms with E-state index in [0.717, 1.165) is 25.2 Å². The van der Waals surface area contributed by atoms with Crippen molar-refractivity contribution in [3.05, 3.63) is 0 Å². The molecule has 3 heteroatoms. The summed E-state index contributed by atoms with van der Waals surface area (Å²) in [5, 5.41) is 11.0. The van der Waals surface area contributed by atoms with Crippen molar-refractivity contribution in [2.45, 2.75) is 44.1 Å². The van der Waals surface area contributed by atoms with Gasteiger partial charge in [-0.05, 0) is 31.1 Å². The van der Waals surface area contributed by atoms with Crippen molar-refractivity contribution in [2.75, 3.05) is 19.8 Å². The van der Waals surface area contributed by atoms with Gasteiger partial charge < -0.3 is 15.6 Å². The molecule has 16 heavy (non-hydrogen) atoms. The van der Waals surface area contributed by atoms with Gasteiger partial charge in [-0.1, -0.05) is 6.42 Å². The lowest BCUT2D eigenvalue weighted by molar-refractivity contribution is -0.160. The van der Waals surface area contributed by atoms with Crippen LogP contribution in [-0.4, -0.2) is 30.5 Å². The summed E-state index contributed by atoms with van der Waals surface area (Å²) in [4.78, 5) is 0. The minimum atomic E-state index is -0.542. The van der Waals surface area contributed by atoms with Crippen LogP contribution < -0.4 is 5.73 Å². The zero-order chi connectivity index (χ0) is 11.2. The van der Waals surface area contributed by atoms with Crippen LogP contribution in [0.3, 0.4) is 0 Å². The highest BCUT2D eigenvalue weighted by Gasteiger charge is 2.60. The highest BCUT2D eigenvalue weighted by molar-refractivity contribution is 5.11. The molecule has 3 rings (SSSR count). The first-order valence-electron chi connectivity index (χ1n) is 6.70. The van der Waals surface area contributed by atoms with E-state index in [4.69, 9.17) is 10.5 Å². The average molecular weight is 225 g/mol. The van der Waals surface area contributed by atoms with Gasteiger partial charge in [-0.15, -0.1) is 0 Å². The highest BCUT2D eigenvalue weighted by Crippen LogP contribution is 2.61. The first-order chi connectivity index (χ1) is 7.70. The molecule has 3 aliphatic rings. The third-order valence-corrected chi connectivity index (χ3v) is 5.59. The Hall–Kier alpha value is -0.120. The van der Waals surface area contributed by atoms with Gasteiger partial charge in [0.2, 0.25) is 0 Å². The summed E-state index contributed by atoms with van der Waals surface area (Å²) >= 11 is 0. The number of ether oxygens (including phenoxy) is 1. The Morgan fingerprint density at radius 3 is 2.50 bits per heavy atom. The van der Waals surface area contributed by atoms with Crippen molar-refractivity contribution in [3.63, 3.8) is 0 Å². The van der Waals surface area contributed by atoms with Gasteiger partial charge in [0.25, 0.3) is 0 Å². The number of hydrogen-bond acceptors (Lipinski definition) is 3. The quantitative estimate of drug-likeness (QED) is 0.744. The van der Waals surface area contributed by atoms with E-state index in [9.17, 15) is 5.11 Å². The Labute approximate surface area is 97.3 Å². The van der Waals surface area contributed by atoms with Crippen LogP contribution in [0, 0.1) is 17.3 Å². The molecule has 3 fully saturated rings.